The Labute approximate surface area is 162 Å². The van der Waals surface area contributed by atoms with Crippen molar-refractivity contribution in [3.63, 3.8) is 0 Å². The van der Waals surface area contributed by atoms with Crippen LogP contribution in [0.5, 0.6) is 5.75 Å². The van der Waals surface area contributed by atoms with Crippen LogP contribution in [0.4, 0.5) is 5.69 Å². The Hall–Kier alpha value is -3.35. The molecule has 0 aliphatic heterocycles. The third kappa shape index (κ3) is 4.14. The van der Waals surface area contributed by atoms with Gasteiger partial charge in [-0.05, 0) is 31.9 Å². The van der Waals surface area contributed by atoms with Crippen molar-refractivity contribution >= 4 is 28.3 Å². The summed E-state index contributed by atoms with van der Waals surface area (Å²) >= 11 is 0. The molecule has 0 saturated carbocycles. The topological polar surface area (TPSA) is 102 Å². The van der Waals surface area contributed by atoms with Crippen molar-refractivity contribution in [1.82, 2.24) is 5.16 Å². The van der Waals surface area contributed by atoms with E-state index in [0.29, 0.717) is 11.4 Å². The van der Waals surface area contributed by atoms with E-state index in [4.69, 9.17) is 14.4 Å². The summed E-state index contributed by atoms with van der Waals surface area (Å²) in [6.45, 7) is 5.24. The molecule has 0 radical (unpaired) electrons. The van der Waals surface area contributed by atoms with E-state index in [1.807, 2.05) is 45.0 Å². The summed E-state index contributed by atoms with van der Waals surface area (Å²) in [6, 6.07) is 10.8. The van der Waals surface area contributed by atoms with Crippen LogP contribution in [0.25, 0.3) is 10.8 Å². The van der Waals surface area contributed by atoms with Gasteiger partial charge in [-0.25, -0.2) is 4.79 Å². The fourth-order valence-electron chi connectivity index (χ4n) is 3.42. The maximum absolute atomic E-state index is 12.6. The van der Waals surface area contributed by atoms with E-state index >= 15 is 0 Å². The minimum absolute atomic E-state index is 0.0318. The third-order valence-corrected chi connectivity index (χ3v) is 4.58. The second-order valence-corrected chi connectivity index (χ2v) is 6.73. The number of aryl methyl sites for hydroxylation is 2. The first-order chi connectivity index (χ1) is 13.4. The van der Waals surface area contributed by atoms with E-state index in [1.165, 1.54) is 0 Å². The summed E-state index contributed by atoms with van der Waals surface area (Å²) in [5.41, 5.74) is 2.40. The molecule has 0 saturated heterocycles. The van der Waals surface area contributed by atoms with Gasteiger partial charge in [0.2, 0.25) is 5.91 Å². The van der Waals surface area contributed by atoms with Crippen molar-refractivity contribution in [3.8, 4) is 5.75 Å². The molecule has 0 aliphatic carbocycles. The smallest absolute Gasteiger partial charge is 0.341 e. The molecule has 1 atom stereocenters. The molecule has 28 heavy (non-hydrogen) atoms. The van der Waals surface area contributed by atoms with Crippen molar-refractivity contribution in [2.24, 2.45) is 0 Å². The number of benzene rings is 2. The molecule has 1 aromatic heterocycles. The summed E-state index contributed by atoms with van der Waals surface area (Å²) in [4.78, 5) is 23.4. The molecule has 1 heterocycles. The number of rotatable bonds is 7. The fraction of sp³-hybridized carbons (Fsp3) is 0.286. The van der Waals surface area contributed by atoms with Gasteiger partial charge in [0.05, 0.1) is 5.69 Å². The van der Waals surface area contributed by atoms with Crippen LogP contribution in [0.15, 0.2) is 40.9 Å². The molecular formula is C21H22N2O5. The summed E-state index contributed by atoms with van der Waals surface area (Å²) in [5.74, 6) is -0.0226. The number of fused-ring (bicyclic) bond motifs is 1. The van der Waals surface area contributed by atoms with Gasteiger partial charge in [-0.15, -0.1) is 0 Å². The Morgan fingerprint density at radius 1 is 1.18 bits per heavy atom. The Morgan fingerprint density at radius 2 is 1.89 bits per heavy atom. The number of carboxylic acids is 1. The summed E-state index contributed by atoms with van der Waals surface area (Å²) in [5, 5.41) is 17.2. The van der Waals surface area contributed by atoms with Gasteiger partial charge in [-0.3, -0.25) is 4.79 Å². The highest BCUT2D eigenvalue weighted by Gasteiger charge is 2.20. The zero-order chi connectivity index (χ0) is 20.3. The van der Waals surface area contributed by atoms with Crippen LogP contribution >= 0.6 is 0 Å². The van der Waals surface area contributed by atoms with Crippen LogP contribution in [0.1, 0.15) is 36.3 Å². The summed E-state index contributed by atoms with van der Waals surface area (Å²) in [6.07, 6.45) is 0.286. The molecule has 1 unspecified atom stereocenters. The number of nitrogens with zero attached hydrogens (tertiary/aromatic N) is 1. The van der Waals surface area contributed by atoms with Crippen LogP contribution in [-0.4, -0.2) is 28.7 Å². The molecule has 0 fully saturated rings. The third-order valence-electron chi connectivity index (χ3n) is 4.58. The Bertz CT molecular complexity index is 1010. The highest BCUT2D eigenvalue weighted by molar-refractivity contribution is 6.04. The first-order valence-electron chi connectivity index (χ1n) is 8.95. The molecular weight excluding hydrogens is 360 g/mol. The lowest BCUT2D eigenvalue weighted by Gasteiger charge is -2.14. The number of aliphatic carboxylic acids is 1. The average Bonchev–Trinajstić information content (AvgIpc) is 2.99. The van der Waals surface area contributed by atoms with Gasteiger partial charge in [0.15, 0.2) is 6.61 Å². The predicted octanol–water partition coefficient (Wildman–Crippen LogP) is 4.04. The number of ether oxygens (including phenoxy) is 1. The largest absolute Gasteiger partial charge is 0.481 e. The van der Waals surface area contributed by atoms with E-state index in [1.54, 1.807) is 12.1 Å². The number of anilines is 1. The Morgan fingerprint density at radius 3 is 2.54 bits per heavy atom. The number of hydrogen-bond donors (Lipinski definition) is 2. The molecule has 2 N–H and O–H groups in total. The number of aromatic nitrogens is 1. The van der Waals surface area contributed by atoms with Crippen molar-refractivity contribution < 1.29 is 24.0 Å². The van der Waals surface area contributed by atoms with Gasteiger partial charge in [-0.1, -0.05) is 36.3 Å². The van der Waals surface area contributed by atoms with E-state index < -0.39 is 12.6 Å². The molecule has 0 spiro atoms. The number of carboxylic acid groups (broad SMARTS) is 1. The highest BCUT2D eigenvalue weighted by atomic mass is 16.5. The van der Waals surface area contributed by atoms with Crippen molar-refractivity contribution in [2.45, 2.75) is 33.1 Å². The molecule has 1 amide bonds. The van der Waals surface area contributed by atoms with E-state index in [-0.39, 0.29) is 18.2 Å². The van der Waals surface area contributed by atoms with Gasteiger partial charge in [0, 0.05) is 28.4 Å². The maximum Gasteiger partial charge on any atom is 0.341 e. The number of carbonyl (C=O) groups excluding carboxylic acids is 1. The fourth-order valence-corrected chi connectivity index (χ4v) is 3.42. The lowest BCUT2D eigenvalue weighted by Crippen LogP contribution is -2.15. The standard InChI is InChI=1S/C21H22N2O5/c1-12(21-13(2)23-28-14(21)3)10-19(24)22-17-8-9-18(27-11-20(25)26)16-7-5-4-6-15(16)17/h4-9,12H,10-11H2,1-3H3,(H,22,24)(H,25,26). The average molecular weight is 382 g/mol. The molecule has 146 valence electrons. The Kier molecular flexibility index (Phi) is 5.63. The monoisotopic (exact) mass is 382 g/mol. The van der Waals surface area contributed by atoms with Gasteiger partial charge < -0.3 is 19.7 Å². The van der Waals surface area contributed by atoms with Crippen molar-refractivity contribution in [2.75, 3.05) is 11.9 Å². The second kappa shape index (κ2) is 8.12. The molecule has 7 heteroatoms. The van der Waals surface area contributed by atoms with Gasteiger partial charge in [-0.2, -0.15) is 0 Å². The first-order valence-corrected chi connectivity index (χ1v) is 8.95. The number of amides is 1. The van der Waals surface area contributed by atoms with Gasteiger partial charge in [0.1, 0.15) is 11.5 Å². The SMILES string of the molecule is Cc1noc(C)c1C(C)CC(=O)Nc1ccc(OCC(=O)O)c2ccccc12. The van der Waals surface area contributed by atoms with Gasteiger partial charge >= 0.3 is 5.97 Å². The molecule has 0 aliphatic rings. The molecule has 7 nitrogen and oxygen atoms in total. The molecule has 3 rings (SSSR count). The van der Waals surface area contributed by atoms with Crippen LogP contribution in [0, 0.1) is 13.8 Å². The van der Waals surface area contributed by atoms with Crippen molar-refractivity contribution in [1.29, 1.82) is 0 Å². The van der Waals surface area contributed by atoms with E-state index in [2.05, 4.69) is 10.5 Å². The van der Waals surface area contributed by atoms with E-state index in [0.717, 1.165) is 27.8 Å². The zero-order valence-corrected chi connectivity index (χ0v) is 16.0. The van der Waals surface area contributed by atoms with Crippen LogP contribution in [-0.2, 0) is 9.59 Å². The van der Waals surface area contributed by atoms with Crippen LogP contribution in [0.2, 0.25) is 0 Å². The lowest BCUT2D eigenvalue weighted by molar-refractivity contribution is -0.139. The van der Waals surface area contributed by atoms with Crippen molar-refractivity contribution in [3.05, 3.63) is 53.4 Å². The van der Waals surface area contributed by atoms with Crippen LogP contribution < -0.4 is 10.1 Å². The van der Waals surface area contributed by atoms with Crippen LogP contribution in [0.3, 0.4) is 0 Å². The second-order valence-electron chi connectivity index (χ2n) is 6.73. The first kappa shape index (κ1) is 19.4. The molecule has 0 bridgehead atoms. The predicted molar refractivity (Wildman–Crippen MR) is 105 cm³/mol. The normalized spacial score (nSPS) is 12.0. The lowest BCUT2D eigenvalue weighted by atomic mass is 9.96. The minimum Gasteiger partial charge on any atom is -0.481 e. The zero-order valence-electron chi connectivity index (χ0n) is 16.0. The number of nitrogens with one attached hydrogen (secondary N) is 1. The highest BCUT2D eigenvalue weighted by Crippen LogP contribution is 2.32. The van der Waals surface area contributed by atoms with E-state index in [9.17, 15) is 9.59 Å². The van der Waals surface area contributed by atoms with Gasteiger partial charge in [0.25, 0.3) is 0 Å². The molecule has 2 aromatic carbocycles. The Balaban J connectivity index is 1.79. The summed E-state index contributed by atoms with van der Waals surface area (Å²) < 4.78 is 10.5. The maximum atomic E-state index is 12.6. The number of hydrogen-bond acceptors (Lipinski definition) is 5. The summed E-state index contributed by atoms with van der Waals surface area (Å²) in [7, 11) is 0. The molecule has 3 aromatic rings. The quantitative estimate of drug-likeness (QED) is 0.639. The minimum atomic E-state index is -1.05. The number of carbonyl (C=O) groups is 2.